The van der Waals surface area contributed by atoms with Crippen LogP contribution in [0.3, 0.4) is 0 Å². The highest BCUT2D eigenvalue weighted by Gasteiger charge is 2.45. The van der Waals surface area contributed by atoms with Gasteiger partial charge in [-0.3, -0.25) is 9.59 Å². The number of nitrogens with zero attached hydrogens (tertiary/aromatic N) is 2. The lowest BCUT2D eigenvalue weighted by Crippen LogP contribution is -2.38. The number of benzene rings is 2. The molecule has 1 unspecified atom stereocenters. The van der Waals surface area contributed by atoms with Crippen molar-refractivity contribution >= 4 is 22.7 Å². The van der Waals surface area contributed by atoms with E-state index in [0.717, 1.165) is 24.0 Å². The van der Waals surface area contributed by atoms with Gasteiger partial charge in [-0.15, -0.1) is 0 Å². The Balaban J connectivity index is 1.83. The molecular weight excluding hydrogens is 460 g/mol. The van der Waals surface area contributed by atoms with Crippen LogP contribution in [0.4, 0.5) is 0 Å². The van der Waals surface area contributed by atoms with Crippen molar-refractivity contribution in [1.82, 2.24) is 9.80 Å². The minimum absolute atomic E-state index is 0.0399. The Morgan fingerprint density at radius 3 is 2.50 bits per heavy atom. The van der Waals surface area contributed by atoms with Gasteiger partial charge in [0.15, 0.2) is 11.5 Å². The normalized spacial score (nSPS) is 15.9. The van der Waals surface area contributed by atoms with Crippen molar-refractivity contribution in [2.45, 2.75) is 26.8 Å². The number of aryl methyl sites for hydroxylation is 1. The highest BCUT2D eigenvalue weighted by atomic mass is 16.5. The maximum atomic E-state index is 13.8. The molecule has 0 radical (unpaired) electrons. The van der Waals surface area contributed by atoms with Crippen LogP contribution < -0.4 is 9.47 Å². The SMILES string of the molecule is CCN(CC)CCN1C(=O)C(O)=C(C(=O)c2cc3cc(C)ccc3o2)C1c1cc(OC)ccc1OC. The largest absolute Gasteiger partial charge is 0.503 e. The predicted octanol–water partition coefficient (Wildman–Crippen LogP) is 4.68. The van der Waals surface area contributed by atoms with E-state index in [1.807, 2.05) is 32.9 Å². The molecule has 3 aromatic rings. The lowest BCUT2D eigenvalue weighted by molar-refractivity contribution is -0.129. The fraction of sp³-hybridized carbons (Fsp3) is 0.357. The molecule has 1 amide bonds. The Morgan fingerprint density at radius 1 is 1.08 bits per heavy atom. The van der Waals surface area contributed by atoms with Crippen molar-refractivity contribution < 1.29 is 28.6 Å². The van der Waals surface area contributed by atoms with Crippen LogP contribution in [0, 0.1) is 6.92 Å². The molecule has 8 heteroatoms. The van der Waals surface area contributed by atoms with Crippen LogP contribution in [0.5, 0.6) is 11.5 Å². The molecule has 2 aromatic carbocycles. The highest BCUT2D eigenvalue weighted by molar-refractivity contribution is 6.16. The molecular formula is C28H32N2O6. The summed E-state index contributed by atoms with van der Waals surface area (Å²) in [6.45, 7) is 8.57. The molecule has 36 heavy (non-hydrogen) atoms. The first-order valence-corrected chi connectivity index (χ1v) is 12.1. The number of ether oxygens (including phenoxy) is 2. The van der Waals surface area contributed by atoms with Crippen LogP contribution in [0.15, 0.2) is 58.2 Å². The standard InChI is InChI=1S/C28H32N2O6/c1-6-29(7-2)12-13-30-25(20-16-19(34-4)9-11-22(20)35-5)24(27(32)28(30)33)26(31)23-15-18-14-17(3)8-10-21(18)36-23/h8-11,14-16,25,32H,6-7,12-13H2,1-5H3. The summed E-state index contributed by atoms with van der Waals surface area (Å²) < 4.78 is 16.9. The van der Waals surface area contributed by atoms with Gasteiger partial charge in [0, 0.05) is 24.0 Å². The van der Waals surface area contributed by atoms with Crippen LogP contribution in [0.2, 0.25) is 0 Å². The van der Waals surface area contributed by atoms with Gasteiger partial charge in [-0.2, -0.15) is 0 Å². The van der Waals surface area contributed by atoms with E-state index < -0.39 is 23.5 Å². The third-order valence-electron chi connectivity index (χ3n) is 6.73. The number of hydrogen-bond donors (Lipinski definition) is 1. The van der Waals surface area contributed by atoms with Crippen LogP contribution in [-0.4, -0.2) is 67.0 Å². The number of furan rings is 1. The van der Waals surface area contributed by atoms with Gasteiger partial charge in [-0.05, 0) is 56.4 Å². The van der Waals surface area contributed by atoms with E-state index in [9.17, 15) is 14.7 Å². The van der Waals surface area contributed by atoms with Crippen molar-refractivity contribution in [3.05, 3.63) is 70.7 Å². The number of hydrogen-bond acceptors (Lipinski definition) is 7. The van der Waals surface area contributed by atoms with Crippen LogP contribution in [0.1, 0.15) is 41.6 Å². The van der Waals surface area contributed by atoms with Crippen molar-refractivity contribution in [2.24, 2.45) is 0 Å². The quantitative estimate of drug-likeness (QED) is 0.411. The average molecular weight is 493 g/mol. The maximum Gasteiger partial charge on any atom is 0.290 e. The molecule has 8 nitrogen and oxygen atoms in total. The van der Waals surface area contributed by atoms with Crippen molar-refractivity contribution in [3.8, 4) is 11.5 Å². The van der Waals surface area contributed by atoms with Crippen molar-refractivity contribution in [2.75, 3.05) is 40.4 Å². The predicted molar refractivity (Wildman–Crippen MR) is 137 cm³/mol. The summed E-state index contributed by atoms with van der Waals surface area (Å²) in [6.07, 6.45) is 0. The molecule has 1 aliphatic heterocycles. The van der Waals surface area contributed by atoms with Crippen LogP contribution >= 0.6 is 0 Å². The zero-order chi connectivity index (χ0) is 26.0. The molecule has 0 aliphatic carbocycles. The van der Waals surface area contributed by atoms with E-state index in [2.05, 4.69) is 4.90 Å². The number of likely N-dealkylation sites (N-methyl/N-ethyl adjacent to an activating group) is 1. The first-order valence-electron chi connectivity index (χ1n) is 12.1. The zero-order valence-electron chi connectivity index (χ0n) is 21.3. The first kappa shape index (κ1) is 25.3. The number of carbonyl (C=O) groups excluding carboxylic acids is 2. The van der Waals surface area contributed by atoms with E-state index in [0.29, 0.717) is 35.7 Å². The number of aliphatic hydroxyl groups is 1. The molecule has 1 N–H and O–H groups in total. The second-order valence-corrected chi connectivity index (χ2v) is 8.78. The van der Waals surface area contributed by atoms with Gasteiger partial charge in [0.2, 0.25) is 5.78 Å². The van der Waals surface area contributed by atoms with Gasteiger partial charge >= 0.3 is 0 Å². The van der Waals surface area contributed by atoms with Crippen LogP contribution in [-0.2, 0) is 4.79 Å². The Kier molecular flexibility index (Phi) is 7.35. The number of rotatable bonds is 10. The number of amides is 1. The molecule has 0 spiro atoms. The third kappa shape index (κ3) is 4.56. The summed E-state index contributed by atoms with van der Waals surface area (Å²) in [6, 6.07) is 11.6. The van der Waals surface area contributed by atoms with Gasteiger partial charge in [-0.25, -0.2) is 0 Å². The Morgan fingerprint density at radius 2 is 1.83 bits per heavy atom. The van der Waals surface area contributed by atoms with Gasteiger partial charge in [0.1, 0.15) is 17.1 Å². The molecule has 2 heterocycles. The van der Waals surface area contributed by atoms with E-state index in [1.54, 1.807) is 37.4 Å². The molecule has 1 aromatic heterocycles. The Hall–Kier alpha value is -3.78. The minimum atomic E-state index is -0.874. The molecule has 0 saturated carbocycles. The lowest BCUT2D eigenvalue weighted by atomic mass is 9.94. The van der Waals surface area contributed by atoms with E-state index in [1.165, 1.54) is 12.0 Å². The number of fused-ring (bicyclic) bond motifs is 1. The lowest BCUT2D eigenvalue weighted by Gasteiger charge is -2.30. The maximum absolute atomic E-state index is 13.8. The number of Topliss-reactive ketones (excluding diaryl/α,β-unsaturated/α-hetero) is 1. The van der Waals surface area contributed by atoms with E-state index in [4.69, 9.17) is 13.9 Å². The molecule has 0 saturated heterocycles. The van der Waals surface area contributed by atoms with Crippen molar-refractivity contribution in [1.29, 1.82) is 0 Å². The first-order chi connectivity index (χ1) is 17.3. The summed E-state index contributed by atoms with van der Waals surface area (Å²) in [5.41, 5.74) is 2.09. The second-order valence-electron chi connectivity index (χ2n) is 8.78. The van der Waals surface area contributed by atoms with E-state index >= 15 is 0 Å². The summed E-state index contributed by atoms with van der Waals surface area (Å²) in [7, 11) is 3.06. The highest BCUT2D eigenvalue weighted by Crippen LogP contribution is 2.44. The average Bonchev–Trinajstić information content (AvgIpc) is 3.42. The molecule has 4 rings (SSSR count). The van der Waals surface area contributed by atoms with Gasteiger partial charge in [0.25, 0.3) is 5.91 Å². The summed E-state index contributed by atoms with van der Waals surface area (Å²) in [4.78, 5) is 30.8. The zero-order valence-corrected chi connectivity index (χ0v) is 21.3. The van der Waals surface area contributed by atoms with E-state index in [-0.39, 0.29) is 11.3 Å². The fourth-order valence-corrected chi connectivity index (χ4v) is 4.69. The number of aliphatic hydroxyl groups excluding tert-OH is 1. The van der Waals surface area contributed by atoms with Gasteiger partial charge in [-0.1, -0.05) is 25.5 Å². The fourth-order valence-electron chi connectivity index (χ4n) is 4.69. The Bertz CT molecular complexity index is 1320. The molecule has 0 fully saturated rings. The second kappa shape index (κ2) is 10.5. The third-order valence-corrected chi connectivity index (χ3v) is 6.73. The molecule has 0 bridgehead atoms. The number of carbonyl (C=O) groups is 2. The summed E-state index contributed by atoms with van der Waals surface area (Å²) in [5.74, 6) is -0.656. The minimum Gasteiger partial charge on any atom is -0.503 e. The van der Waals surface area contributed by atoms with Gasteiger partial charge < -0.3 is 28.8 Å². The molecule has 1 atom stereocenters. The number of methoxy groups -OCH3 is 2. The molecule has 190 valence electrons. The summed E-state index contributed by atoms with van der Waals surface area (Å²) >= 11 is 0. The van der Waals surface area contributed by atoms with Crippen molar-refractivity contribution in [3.63, 3.8) is 0 Å². The Labute approximate surface area is 210 Å². The topological polar surface area (TPSA) is 92.5 Å². The monoisotopic (exact) mass is 492 g/mol. The van der Waals surface area contributed by atoms with Crippen LogP contribution in [0.25, 0.3) is 11.0 Å². The molecule has 1 aliphatic rings. The number of ketones is 1. The summed E-state index contributed by atoms with van der Waals surface area (Å²) in [5, 5.41) is 11.8. The smallest absolute Gasteiger partial charge is 0.290 e. The van der Waals surface area contributed by atoms with Gasteiger partial charge in [0.05, 0.1) is 25.8 Å².